The second-order valence-corrected chi connectivity index (χ2v) is 8.10. The monoisotopic (exact) mass is 439 g/mol. The predicted octanol–water partition coefficient (Wildman–Crippen LogP) is 5.33. The fourth-order valence-electron chi connectivity index (χ4n) is 3.46. The third kappa shape index (κ3) is 2.49. The maximum Gasteiger partial charge on any atom is 0.228 e. The lowest BCUT2D eigenvalue weighted by atomic mass is 9.88. The van der Waals surface area contributed by atoms with Crippen molar-refractivity contribution in [1.29, 1.82) is 0 Å². The molecule has 0 amide bonds. The Bertz CT molecular complexity index is 1170. The molecule has 1 unspecified atom stereocenters. The minimum absolute atomic E-state index is 0.0971. The Kier molecular flexibility index (Phi) is 3.80. The molecular weight excluding hydrogens is 426 g/mol. The number of nitrogen functional groups attached to an aromatic ring is 1. The van der Waals surface area contributed by atoms with Gasteiger partial charge in [0.1, 0.15) is 17.9 Å². The molecule has 2 aromatic heterocycles. The summed E-state index contributed by atoms with van der Waals surface area (Å²) in [5, 5.41) is 1.06. The number of methoxy groups -OCH3 is 1. The quantitative estimate of drug-likeness (QED) is 0.402. The first kappa shape index (κ1) is 16.5. The number of hydrogen-bond acceptors (Lipinski definition) is 6. The lowest BCUT2D eigenvalue weighted by molar-refractivity contribution is 0.414. The number of nitrogens with zero attached hydrogens (tertiary/aromatic N) is 2. The predicted molar refractivity (Wildman–Crippen MR) is 110 cm³/mol. The van der Waals surface area contributed by atoms with E-state index in [0.717, 1.165) is 42.1 Å². The number of ether oxygens (including phenoxy) is 2. The van der Waals surface area contributed by atoms with E-state index in [4.69, 9.17) is 15.2 Å². The highest BCUT2D eigenvalue weighted by molar-refractivity contribution is 9.10. The van der Waals surface area contributed by atoms with E-state index in [2.05, 4.69) is 32.0 Å². The maximum atomic E-state index is 6.25. The van der Waals surface area contributed by atoms with E-state index >= 15 is 0 Å². The number of anilines is 1. The van der Waals surface area contributed by atoms with Gasteiger partial charge in [-0.1, -0.05) is 18.2 Å². The zero-order valence-corrected chi connectivity index (χ0v) is 16.7. The molecule has 0 saturated carbocycles. The molecule has 7 heteroatoms. The van der Waals surface area contributed by atoms with Crippen molar-refractivity contribution in [3.8, 4) is 17.4 Å². The minimum atomic E-state index is -0.0971. The van der Waals surface area contributed by atoms with Crippen LogP contribution in [0.5, 0.6) is 17.4 Å². The van der Waals surface area contributed by atoms with Gasteiger partial charge in [-0.25, -0.2) is 9.97 Å². The van der Waals surface area contributed by atoms with Crippen molar-refractivity contribution in [3.05, 3.63) is 69.3 Å². The molecule has 0 radical (unpaired) electrons. The standard InChI is InChI=1S/C20H14BrN3O2S/c1-25-11-7-5-10(6-8-11)14-15-19(22)23-9-24-20(15)26-16-12-3-2-4-13(21)17(12)27-18(14)16/h2-9,14H,1H3,(H2,22,23,24). The summed E-state index contributed by atoms with van der Waals surface area (Å²) in [5.74, 6) is 2.49. The number of benzene rings is 2. The smallest absolute Gasteiger partial charge is 0.228 e. The normalized spacial score (nSPS) is 15.1. The molecule has 0 fully saturated rings. The van der Waals surface area contributed by atoms with Gasteiger partial charge in [-0.05, 0) is 45.8 Å². The summed E-state index contributed by atoms with van der Waals surface area (Å²) in [4.78, 5) is 9.65. The number of hydrogen-bond donors (Lipinski definition) is 1. The molecule has 1 aliphatic rings. The van der Waals surface area contributed by atoms with Crippen LogP contribution in [0.1, 0.15) is 21.9 Å². The third-order valence-corrected chi connectivity index (χ3v) is 6.93. The summed E-state index contributed by atoms with van der Waals surface area (Å²) in [6.45, 7) is 0. The number of rotatable bonds is 2. The zero-order chi connectivity index (χ0) is 18.5. The fourth-order valence-corrected chi connectivity index (χ4v) is 5.34. The zero-order valence-electron chi connectivity index (χ0n) is 14.3. The molecule has 4 aromatic rings. The summed E-state index contributed by atoms with van der Waals surface area (Å²) >= 11 is 5.35. The molecular formula is C20H14BrN3O2S. The molecule has 0 saturated heterocycles. The summed E-state index contributed by atoms with van der Waals surface area (Å²) in [7, 11) is 1.66. The van der Waals surface area contributed by atoms with Crippen LogP contribution < -0.4 is 15.2 Å². The van der Waals surface area contributed by atoms with Gasteiger partial charge in [0.15, 0.2) is 5.75 Å². The maximum absolute atomic E-state index is 6.25. The van der Waals surface area contributed by atoms with Crippen LogP contribution in [-0.2, 0) is 0 Å². The Balaban J connectivity index is 1.81. The molecule has 0 bridgehead atoms. The topological polar surface area (TPSA) is 70.3 Å². The molecule has 5 rings (SSSR count). The van der Waals surface area contributed by atoms with Crippen molar-refractivity contribution in [2.24, 2.45) is 0 Å². The lowest BCUT2D eigenvalue weighted by Gasteiger charge is -2.26. The largest absolute Gasteiger partial charge is 0.497 e. The van der Waals surface area contributed by atoms with Gasteiger partial charge in [0.05, 0.1) is 28.2 Å². The van der Waals surface area contributed by atoms with Crippen molar-refractivity contribution < 1.29 is 9.47 Å². The highest BCUT2D eigenvalue weighted by Crippen LogP contribution is 2.55. The number of fused-ring (bicyclic) bond motifs is 4. The van der Waals surface area contributed by atoms with Gasteiger partial charge in [0, 0.05) is 9.86 Å². The summed E-state index contributed by atoms with van der Waals surface area (Å²) in [5.41, 5.74) is 8.14. The van der Waals surface area contributed by atoms with E-state index in [9.17, 15) is 0 Å². The lowest BCUT2D eigenvalue weighted by Crippen LogP contribution is -2.14. The number of aromatic nitrogens is 2. The van der Waals surface area contributed by atoms with Crippen LogP contribution in [0.2, 0.25) is 0 Å². The van der Waals surface area contributed by atoms with Crippen LogP contribution >= 0.6 is 27.3 Å². The van der Waals surface area contributed by atoms with Gasteiger partial charge in [0.25, 0.3) is 0 Å². The van der Waals surface area contributed by atoms with Crippen molar-refractivity contribution in [3.63, 3.8) is 0 Å². The Morgan fingerprint density at radius 1 is 1.15 bits per heavy atom. The molecule has 27 heavy (non-hydrogen) atoms. The van der Waals surface area contributed by atoms with Gasteiger partial charge >= 0.3 is 0 Å². The Hall–Kier alpha value is -2.64. The number of thiophene rings is 1. The molecule has 134 valence electrons. The first-order chi connectivity index (χ1) is 13.2. The van der Waals surface area contributed by atoms with E-state index in [0.29, 0.717) is 11.7 Å². The minimum Gasteiger partial charge on any atom is -0.497 e. The van der Waals surface area contributed by atoms with Crippen molar-refractivity contribution in [2.75, 3.05) is 12.8 Å². The van der Waals surface area contributed by atoms with E-state index < -0.39 is 0 Å². The highest BCUT2D eigenvalue weighted by Gasteiger charge is 2.35. The SMILES string of the molecule is COc1ccc(C2c3sc4c(Br)cccc4c3Oc3ncnc(N)c32)cc1. The second-order valence-electron chi connectivity index (χ2n) is 6.20. The summed E-state index contributed by atoms with van der Waals surface area (Å²) < 4.78 is 13.7. The van der Waals surface area contributed by atoms with Crippen molar-refractivity contribution in [1.82, 2.24) is 9.97 Å². The van der Waals surface area contributed by atoms with E-state index in [1.165, 1.54) is 6.33 Å². The van der Waals surface area contributed by atoms with Crippen LogP contribution in [0.3, 0.4) is 0 Å². The molecule has 1 atom stereocenters. The molecule has 2 aromatic carbocycles. The summed E-state index contributed by atoms with van der Waals surface area (Å²) in [6.07, 6.45) is 1.44. The van der Waals surface area contributed by atoms with Gasteiger partial charge in [-0.2, -0.15) is 0 Å². The third-order valence-electron chi connectivity index (χ3n) is 4.72. The second kappa shape index (κ2) is 6.21. The molecule has 5 nitrogen and oxygen atoms in total. The Morgan fingerprint density at radius 3 is 2.74 bits per heavy atom. The van der Waals surface area contributed by atoms with Gasteiger partial charge < -0.3 is 15.2 Å². The fraction of sp³-hybridized carbons (Fsp3) is 0.100. The average molecular weight is 440 g/mol. The Morgan fingerprint density at radius 2 is 1.96 bits per heavy atom. The molecule has 2 N–H and O–H groups in total. The first-order valence-electron chi connectivity index (χ1n) is 8.30. The molecule has 1 aliphatic heterocycles. The van der Waals surface area contributed by atoms with Gasteiger partial charge in [-0.15, -0.1) is 11.3 Å². The Labute approximate surface area is 167 Å². The van der Waals surface area contributed by atoms with Crippen LogP contribution in [0.25, 0.3) is 10.1 Å². The molecule has 0 aliphatic carbocycles. The van der Waals surface area contributed by atoms with Gasteiger partial charge in [-0.3, -0.25) is 0 Å². The van der Waals surface area contributed by atoms with E-state index in [-0.39, 0.29) is 5.92 Å². The van der Waals surface area contributed by atoms with Crippen molar-refractivity contribution >= 4 is 43.2 Å². The average Bonchev–Trinajstić information content (AvgIpc) is 3.06. The number of halogens is 1. The summed E-state index contributed by atoms with van der Waals surface area (Å²) in [6, 6.07) is 14.1. The van der Waals surface area contributed by atoms with Gasteiger partial charge in [0.2, 0.25) is 5.88 Å². The van der Waals surface area contributed by atoms with Crippen molar-refractivity contribution in [2.45, 2.75) is 5.92 Å². The first-order valence-corrected chi connectivity index (χ1v) is 9.91. The van der Waals surface area contributed by atoms with E-state index in [1.54, 1.807) is 18.4 Å². The highest BCUT2D eigenvalue weighted by atomic mass is 79.9. The number of nitrogens with two attached hydrogens (primary N) is 1. The van der Waals surface area contributed by atoms with Crippen LogP contribution in [0.15, 0.2) is 53.3 Å². The molecule has 0 spiro atoms. The molecule has 3 heterocycles. The van der Waals surface area contributed by atoms with Crippen LogP contribution in [0.4, 0.5) is 5.82 Å². The van der Waals surface area contributed by atoms with Crippen LogP contribution in [0, 0.1) is 0 Å². The van der Waals surface area contributed by atoms with Crippen LogP contribution in [-0.4, -0.2) is 17.1 Å². The van der Waals surface area contributed by atoms with E-state index in [1.807, 2.05) is 36.4 Å².